The number of H-pyrrole nitrogens is 1. The molecule has 1 amide bonds. The van der Waals surface area contributed by atoms with Crippen LogP contribution < -0.4 is 0 Å². The average Bonchev–Trinajstić information content (AvgIpc) is 3.51. The van der Waals surface area contributed by atoms with Crippen molar-refractivity contribution in [1.82, 2.24) is 24.8 Å². The number of carbonyl (C=O) groups is 1. The number of amides is 1. The number of alkyl halides is 3. The summed E-state index contributed by atoms with van der Waals surface area (Å²) in [5, 5.41) is 0.763. The van der Waals surface area contributed by atoms with Crippen molar-refractivity contribution in [3.8, 4) is 0 Å². The minimum atomic E-state index is -4.77. The van der Waals surface area contributed by atoms with Gasteiger partial charge in [-0.2, -0.15) is 13.2 Å². The molecule has 1 N–H and O–H groups in total. The van der Waals surface area contributed by atoms with Gasteiger partial charge in [-0.15, -0.1) is 0 Å². The standard InChI is InChI=1S/C26H21Cl2F4N5O/c1-36(10-14-2-4-18(21(29)6-14)26(30,31)32)23-12-37(11-17(23)15-3-5-19(27)20(28)7-15)25(38)16-8-22-24(33-9-16)35-13-34-22/h2-9,13,17,23H,10-12H2,1H3,(H,33,34,35)/t17-,23?/m1/s1. The number of likely N-dealkylation sites (tertiary alicyclic amines) is 1. The number of likely N-dealkylation sites (N-methyl/N-ethyl adjacent to an activating group) is 1. The molecule has 0 aliphatic carbocycles. The summed E-state index contributed by atoms with van der Waals surface area (Å²) >= 11 is 12.4. The normalized spacial score (nSPS) is 18.1. The topological polar surface area (TPSA) is 65.1 Å². The molecule has 1 aliphatic rings. The maximum absolute atomic E-state index is 14.2. The first-order valence-corrected chi connectivity index (χ1v) is 12.4. The van der Waals surface area contributed by atoms with E-state index in [9.17, 15) is 22.4 Å². The van der Waals surface area contributed by atoms with Crippen LogP contribution in [-0.2, 0) is 12.7 Å². The number of fused-ring (bicyclic) bond motifs is 1. The fourth-order valence-electron chi connectivity index (χ4n) is 4.89. The van der Waals surface area contributed by atoms with E-state index >= 15 is 0 Å². The van der Waals surface area contributed by atoms with Crippen molar-refractivity contribution in [3.05, 3.63) is 93.1 Å². The molecule has 2 aromatic heterocycles. The van der Waals surface area contributed by atoms with Crippen LogP contribution in [0.2, 0.25) is 10.0 Å². The Kier molecular flexibility index (Phi) is 7.06. The number of rotatable bonds is 5. The summed E-state index contributed by atoms with van der Waals surface area (Å²) in [6.45, 7) is 0.847. The van der Waals surface area contributed by atoms with Gasteiger partial charge >= 0.3 is 6.18 Å². The highest BCUT2D eigenvalue weighted by atomic mass is 35.5. The van der Waals surface area contributed by atoms with Gasteiger partial charge in [0.15, 0.2) is 5.65 Å². The lowest BCUT2D eigenvalue weighted by atomic mass is 9.93. The Labute approximate surface area is 225 Å². The van der Waals surface area contributed by atoms with E-state index in [0.29, 0.717) is 45.4 Å². The second-order valence-corrected chi connectivity index (χ2v) is 10.1. The molecule has 1 unspecified atom stereocenters. The van der Waals surface area contributed by atoms with Crippen molar-refractivity contribution < 1.29 is 22.4 Å². The summed E-state index contributed by atoms with van der Waals surface area (Å²) in [4.78, 5) is 28.3. The van der Waals surface area contributed by atoms with Crippen LogP contribution in [0.5, 0.6) is 0 Å². The summed E-state index contributed by atoms with van der Waals surface area (Å²) in [5.74, 6) is -1.74. The smallest absolute Gasteiger partial charge is 0.343 e. The van der Waals surface area contributed by atoms with Gasteiger partial charge in [0, 0.05) is 37.8 Å². The summed E-state index contributed by atoms with van der Waals surface area (Å²) in [5.41, 5.74) is 1.45. The highest BCUT2D eigenvalue weighted by molar-refractivity contribution is 6.42. The second kappa shape index (κ2) is 10.2. The van der Waals surface area contributed by atoms with E-state index in [0.717, 1.165) is 17.7 Å². The number of aromatic nitrogens is 3. The number of hydrogen-bond acceptors (Lipinski definition) is 4. The lowest BCUT2D eigenvalue weighted by molar-refractivity contribution is -0.140. The molecule has 0 spiro atoms. The first kappa shape index (κ1) is 26.4. The molecule has 12 heteroatoms. The molecule has 0 saturated carbocycles. The van der Waals surface area contributed by atoms with Crippen molar-refractivity contribution in [3.63, 3.8) is 0 Å². The first-order chi connectivity index (χ1) is 18.0. The SMILES string of the molecule is CN(Cc1ccc(C(F)(F)F)c(F)c1)C1CN(C(=O)c2cnc3nc[nH]c3c2)C[C@@H]1c1ccc(Cl)c(Cl)c1. The van der Waals surface area contributed by atoms with Crippen molar-refractivity contribution in [2.75, 3.05) is 20.1 Å². The van der Waals surface area contributed by atoms with Crippen molar-refractivity contribution in [2.24, 2.45) is 0 Å². The molecule has 1 saturated heterocycles. The fraction of sp³-hybridized carbons (Fsp3) is 0.269. The summed E-state index contributed by atoms with van der Waals surface area (Å²) in [7, 11) is 1.79. The van der Waals surface area contributed by atoms with Gasteiger partial charge in [0.2, 0.25) is 0 Å². The van der Waals surface area contributed by atoms with E-state index in [1.54, 1.807) is 30.1 Å². The predicted molar refractivity (Wildman–Crippen MR) is 136 cm³/mol. The Bertz CT molecular complexity index is 1510. The van der Waals surface area contributed by atoms with Gasteiger partial charge in [0.05, 0.1) is 33.0 Å². The highest BCUT2D eigenvalue weighted by Crippen LogP contribution is 2.36. The number of benzene rings is 2. The largest absolute Gasteiger partial charge is 0.419 e. The number of halogens is 6. The summed E-state index contributed by atoms with van der Waals surface area (Å²) < 4.78 is 53.2. The van der Waals surface area contributed by atoms with E-state index < -0.39 is 17.6 Å². The van der Waals surface area contributed by atoms with Crippen LogP contribution in [0.25, 0.3) is 11.2 Å². The summed E-state index contributed by atoms with van der Waals surface area (Å²) in [6, 6.07) is 9.62. The fourth-order valence-corrected chi connectivity index (χ4v) is 5.20. The van der Waals surface area contributed by atoms with Crippen LogP contribution >= 0.6 is 23.2 Å². The van der Waals surface area contributed by atoms with Crippen LogP contribution in [0.1, 0.15) is 33.0 Å². The molecule has 6 nitrogen and oxygen atoms in total. The highest BCUT2D eigenvalue weighted by Gasteiger charge is 2.39. The van der Waals surface area contributed by atoms with Gasteiger partial charge in [0.1, 0.15) is 5.82 Å². The quantitative estimate of drug-likeness (QED) is 0.294. The van der Waals surface area contributed by atoms with Gasteiger partial charge in [-0.05, 0) is 48.5 Å². The molecule has 4 aromatic rings. The number of pyridine rings is 1. The number of carbonyl (C=O) groups excluding carboxylic acids is 1. The third kappa shape index (κ3) is 5.21. The number of nitrogens with one attached hydrogen (secondary N) is 1. The van der Waals surface area contributed by atoms with Crippen molar-refractivity contribution >= 4 is 40.3 Å². The van der Waals surface area contributed by atoms with Crippen LogP contribution in [-0.4, -0.2) is 56.8 Å². The minimum absolute atomic E-state index is 0.168. The first-order valence-electron chi connectivity index (χ1n) is 11.6. The van der Waals surface area contributed by atoms with E-state index in [4.69, 9.17) is 23.2 Å². The van der Waals surface area contributed by atoms with E-state index in [-0.39, 0.29) is 24.4 Å². The Morgan fingerprint density at radius 2 is 1.89 bits per heavy atom. The number of hydrogen-bond donors (Lipinski definition) is 1. The summed E-state index contributed by atoms with van der Waals surface area (Å²) in [6.07, 6.45) is -1.80. The third-order valence-corrected chi connectivity index (χ3v) is 7.54. The molecule has 3 heterocycles. The van der Waals surface area contributed by atoms with Crippen LogP contribution in [0.15, 0.2) is 55.0 Å². The third-order valence-electron chi connectivity index (χ3n) is 6.81. The van der Waals surface area contributed by atoms with Gasteiger partial charge in [-0.1, -0.05) is 35.3 Å². The monoisotopic (exact) mass is 565 g/mol. The van der Waals surface area contributed by atoms with Crippen molar-refractivity contribution in [2.45, 2.75) is 24.7 Å². The minimum Gasteiger partial charge on any atom is -0.343 e. The average molecular weight is 566 g/mol. The Morgan fingerprint density at radius 1 is 1.11 bits per heavy atom. The van der Waals surface area contributed by atoms with Gasteiger partial charge in [-0.3, -0.25) is 9.69 Å². The lowest BCUT2D eigenvalue weighted by Crippen LogP contribution is -2.38. The van der Waals surface area contributed by atoms with Crippen LogP contribution in [0.4, 0.5) is 17.6 Å². The number of aromatic amines is 1. The Balaban J connectivity index is 1.42. The molecule has 2 atom stereocenters. The van der Waals surface area contributed by atoms with E-state index in [2.05, 4.69) is 15.0 Å². The zero-order valence-electron chi connectivity index (χ0n) is 19.9. The number of imidazole rings is 1. The number of nitrogens with zero attached hydrogens (tertiary/aromatic N) is 4. The Morgan fingerprint density at radius 3 is 2.61 bits per heavy atom. The molecule has 2 aromatic carbocycles. The zero-order valence-corrected chi connectivity index (χ0v) is 21.4. The van der Waals surface area contributed by atoms with Gasteiger partial charge < -0.3 is 9.88 Å². The Hall–Kier alpha value is -3.21. The van der Waals surface area contributed by atoms with Gasteiger partial charge in [-0.25, -0.2) is 14.4 Å². The van der Waals surface area contributed by atoms with Crippen LogP contribution in [0.3, 0.4) is 0 Å². The molecule has 38 heavy (non-hydrogen) atoms. The molecule has 0 radical (unpaired) electrons. The predicted octanol–water partition coefficient (Wildman–Crippen LogP) is 6.16. The molecule has 1 fully saturated rings. The maximum Gasteiger partial charge on any atom is 0.419 e. The van der Waals surface area contributed by atoms with Crippen LogP contribution in [0, 0.1) is 5.82 Å². The van der Waals surface area contributed by atoms with Gasteiger partial charge in [0.25, 0.3) is 5.91 Å². The van der Waals surface area contributed by atoms with Crippen molar-refractivity contribution in [1.29, 1.82) is 0 Å². The maximum atomic E-state index is 14.2. The zero-order chi connectivity index (χ0) is 27.2. The lowest BCUT2D eigenvalue weighted by Gasteiger charge is -2.29. The molecule has 0 bridgehead atoms. The molecule has 1 aliphatic heterocycles. The molecular formula is C26H21Cl2F4N5O. The van der Waals surface area contributed by atoms with E-state index in [1.807, 2.05) is 11.0 Å². The molecular weight excluding hydrogens is 545 g/mol. The second-order valence-electron chi connectivity index (χ2n) is 9.28. The molecule has 5 rings (SSSR count). The van der Waals surface area contributed by atoms with E-state index in [1.165, 1.54) is 18.6 Å². The molecule has 198 valence electrons.